The predicted octanol–water partition coefficient (Wildman–Crippen LogP) is 6.49. The molecule has 16 nitrogen and oxygen atoms in total. The Hall–Kier alpha value is -5.59. The van der Waals surface area contributed by atoms with Crippen LogP contribution in [0.25, 0.3) is 21.6 Å². The van der Waals surface area contributed by atoms with E-state index in [1.165, 1.54) is 16.2 Å². The molecule has 3 aliphatic heterocycles. The third-order valence-corrected chi connectivity index (χ3v) is 17.3. The summed E-state index contributed by atoms with van der Waals surface area (Å²) in [6.07, 6.45) is 7.84. The number of aryl methyl sites for hydroxylation is 1. The smallest absolute Gasteiger partial charge is 0.259 e. The van der Waals surface area contributed by atoms with Gasteiger partial charge in [0.1, 0.15) is 45.9 Å². The van der Waals surface area contributed by atoms with Crippen molar-refractivity contribution in [1.82, 2.24) is 29.8 Å². The Kier molecular flexibility index (Phi) is 13.3. The molecule has 4 fully saturated rings. The van der Waals surface area contributed by atoms with Gasteiger partial charge in [-0.2, -0.15) is 0 Å². The number of morpholine rings is 1. The van der Waals surface area contributed by atoms with Gasteiger partial charge in [-0.25, -0.2) is 18.4 Å². The number of carbonyl (C=O) groups excluding carboxylic acids is 4. The molecule has 4 aromatic rings. The van der Waals surface area contributed by atoms with Crippen molar-refractivity contribution < 1.29 is 41.8 Å². The first kappa shape index (κ1) is 47.5. The Morgan fingerprint density at radius 1 is 1.03 bits per heavy atom. The molecule has 2 saturated heterocycles. The molecule has 3 N–H and O–H groups in total. The molecule has 2 saturated carbocycles. The topological polar surface area (TPSA) is 198 Å². The summed E-state index contributed by atoms with van der Waals surface area (Å²) in [5.41, 5.74) is 2.56. The third kappa shape index (κ3) is 9.55. The molecule has 0 radical (unpaired) electrons. The van der Waals surface area contributed by atoms with E-state index in [-0.39, 0.29) is 37.1 Å². The van der Waals surface area contributed by atoms with Crippen LogP contribution in [0.3, 0.4) is 0 Å². The SMILES string of the molecule is COc1ccc2c(O[C@@H]3C[C@H]4C(=O)N[C@]5(C(=O)NS(=O)(=O)C6(C)CC6)C[C@@H]5/C=C\CCCCC[C@H](Nc5cccc(C(=O)N6CCOCC6)c5)C(=O)N4C3)cc(-c3nc(C(C)C)cs3)nc2c1C. The average molecular weight is 968 g/mol. The standard InChI is InChI=1S/C50H61N7O9S2/c1-30(2)39-29-67-45(53-39)38-26-42(36-16-17-41(64-5)31(3)43(36)52-38)66-35-25-40-44(58)54-50(48(61)55-68(62,63)49(4)18-19-49)27-33(50)13-9-7-6-8-10-15-37(47(60)57(40)28-35)51-34-14-11-12-32(24-34)46(59)56-20-22-65-23-21-56/h9,11-14,16-17,24,26,29-30,33,35,37,40,51H,6-8,10,15,18-23,25,27-28H2,1-5H3,(H,54,58)(H,55,61)/b13-9-/t33-,35+,37-,40-,50+/m0/s1. The van der Waals surface area contributed by atoms with Crippen LogP contribution in [0.1, 0.15) is 106 Å². The minimum absolute atomic E-state index is 0.0307. The van der Waals surface area contributed by atoms with E-state index >= 15 is 4.79 Å². The number of pyridine rings is 1. The number of anilines is 1. The van der Waals surface area contributed by atoms with Gasteiger partial charge in [0.25, 0.3) is 11.8 Å². The highest BCUT2D eigenvalue weighted by Gasteiger charge is 2.63. The van der Waals surface area contributed by atoms with Crippen molar-refractivity contribution in [3.8, 4) is 22.2 Å². The van der Waals surface area contributed by atoms with Crippen LogP contribution in [-0.4, -0.2) is 120 Å². The zero-order valence-corrected chi connectivity index (χ0v) is 41.0. The molecule has 2 aromatic carbocycles. The summed E-state index contributed by atoms with van der Waals surface area (Å²) in [7, 11) is -2.41. The molecule has 68 heavy (non-hydrogen) atoms. The Morgan fingerprint density at radius 2 is 1.82 bits per heavy atom. The van der Waals surface area contributed by atoms with E-state index in [9.17, 15) is 22.8 Å². The normalized spacial score (nSPS) is 25.6. The van der Waals surface area contributed by atoms with Crippen molar-refractivity contribution in [3.05, 3.63) is 76.8 Å². The average Bonchev–Trinajstić information content (AvgIpc) is 4.10. The van der Waals surface area contributed by atoms with Crippen LogP contribution in [-0.2, 0) is 29.1 Å². The maximum absolute atomic E-state index is 15.3. The summed E-state index contributed by atoms with van der Waals surface area (Å²) >= 11 is 1.49. The van der Waals surface area contributed by atoms with E-state index in [1.54, 1.807) is 37.1 Å². The number of fused-ring (bicyclic) bond motifs is 3. The summed E-state index contributed by atoms with van der Waals surface area (Å²) in [5.74, 6) is -0.903. The number of nitrogens with zero attached hydrogens (tertiary/aromatic N) is 4. The molecule has 2 aliphatic carbocycles. The lowest BCUT2D eigenvalue weighted by molar-refractivity contribution is -0.140. The van der Waals surface area contributed by atoms with Gasteiger partial charge < -0.3 is 34.6 Å². The van der Waals surface area contributed by atoms with E-state index in [0.717, 1.165) is 29.1 Å². The number of allylic oxidation sites excluding steroid dienone is 1. The van der Waals surface area contributed by atoms with Gasteiger partial charge >= 0.3 is 0 Å². The first-order valence-corrected chi connectivity index (χ1v) is 26.2. The fourth-order valence-corrected chi connectivity index (χ4v) is 11.7. The molecule has 0 bridgehead atoms. The number of benzene rings is 2. The van der Waals surface area contributed by atoms with Gasteiger partial charge in [-0.05, 0) is 88.6 Å². The summed E-state index contributed by atoms with van der Waals surface area (Å²) in [6.45, 7) is 9.65. The minimum Gasteiger partial charge on any atom is -0.496 e. The van der Waals surface area contributed by atoms with Crippen LogP contribution in [0.2, 0.25) is 0 Å². The molecule has 0 spiro atoms. The van der Waals surface area contributed by atoms with Gasteiger partial charge in [-0.3, -0.25) is 23.9 Å². The molecule has 5 heterocycles. The predicted molar refractivity (Wildman–Crippen MR) is 259 cm³/mol. The maximum Gasteiger partial charge on any atom is 0.259 e. The van der Waals surface area contributed by atoms with Crippen molar-refractivity contribution in [2.45, 2.75) is 120 Å². The third-order valence-electron chi connectivity index (χ3n) is 14.2. The van der Waals surface area contributed by atoms with E-state index in [0.29, 0.717) is 97.8 Å². The fourth-order valence-electron chi connectivity index (χ4n) is 9.49. The van der Waals surface area contributed by atoms with Gasteiger partial charge in [-0.15, -0.1) is 11.3 Å². The summed E-state index contributed by atoms with van der Waals surface area (Å²) in [6, 6.07) is 10.8. The number of sulfonamides is 1. The van der Waals surface area contributed by atoms with Gasteiger partial charge in [0.05, 0.1) is 42.8 Å². The van der Waals surface area contributed by atoms with E-state index < -0.39 is 56.2 Å². The zero-order chi connectivity index (χ0) is 48.0. The number of hydrogen-bond donors (Lipinski definition) is 3. The van der Waals surface area contributed by atoms with Crippen LogP contribution in [0.4, 0.5) is 5.69 Å². The molecule has 18 heteroatoms. The van der Waals surface area contributed by atoms with E-state index in [2.05, 4.69) is 29.2 Å². The lowest BCUT2D eigenvalue weighted by Gasteiger charge is -2.30. The monoisotopic (exact) mass is 967 g/mol. The van der Waals surface area contributed by atoms with Gasteiger partial charge in [0, 0.05) is 59.1 Å². The van der Waals surface area contributed by atoms with Crippen LogP contribution in [0.15, 0.2) is 60.0 Å². The quantitative estimate of drug-likeness (QED) is 0.138. The lowest BCUT2D eigenvalue weighted by atomic mass is 10.0. The first-order chi connectivity index (χ1) is 32.6. The van der Waals surface area contributed by atoms with E-state index in [1.807, 2.05) is 48.7 Å². The summed E-state index contributed by atoms with van der Waals surface area (Å²) in [5, 5.41) is 9.90. The second kappa shape index (κ2) is 19.1. The number of ether oxygens (including phenoxy) is 3. The Labute approximate surface area is 401 Å². The van der Waals surface area contributed by atoms with Crippen molar-refractivity contribution in [2.24, 2.45) is 5.92 Å². The Morgan fingerprint density at radius 3 is 2.56 bits per heavy atom. The molecule has 0 unspecified atom stereocenters. The van der Waals surface area contributed by atoms with Crippen molar-refractivity contribution in [3.63, 3.8) is 0 Å². The number of hydrogen-bond acceptors (Lipinski definition) is 13. The highest BCUT2D eigenvalue weighted by molar-refractivity contribution is 7.91. The fraction of sp³-hybridized carbons (Fsp3) is 0.520. The molecule has 5 atom stereocenters. The highest BCUT2D eigenvalue weighted by Crippen LogP contribution is 2.48. The van der Waals surface area contributed by atoms with Crippen LogP contribution >= 0.6 is 11.3 Å². The molecule has 9 rings (SSSR count). The second-order valence-electron chi connectivity index (χ2n) is 19.4. The zero-order valence-electron chi connectivity index (χ0n) is 39.3. The van der Waals surface area contributed by atoms with Crippen LogP contribution in [0.5, 0.6) is 11.5 Å². The molecule has 362 valence electrons. The van der Waals surface area contributed by atoms with Crippen molar-refractivity contribution in [2.75, 3.05) is 45.3 Å². The molecule has 5 aliphatic rings. The minimum atomic E-state index is -4.02. The number of amides is 4. The number of nitrogens with one attached hydrogen (secondary N) is 3. The van der Waals surface area contributed by atoms with Gasteiger partial charge in [-0.1, -0.05) is 44.9 Å². The highest BCUT2D eigenvalue weighted by atomic mass is 32.2. The number of methoxy groups -OCH3 is 1. The van der Waals surface area contributed by atoms with Gasteiger partial charge in [0.2, 0.25) is 21.8 Å². The van der Waals surface area contributed by atoms with E-state index in [4.69, 9.17) is 24.2 Å². The molecule has 2 aromatic heterocycles. The molecular formula is C50H61N7O9S2. The summed E-state index contributed by atoms with van der Waals surface area (Å²) in [4.78, 5) is 71.1. The lowest BCUT2D eigenvalue weighted by Crippen LogP contribution is -2.58. The van der Waals surface area contributed by atoms with Crippen molar-refractivity contribution in [1.29, 1.82) is 0 Å². The van der Waals surface area contributed by atoms with Crippen LogP contribution < -0.4 is 24.8 Å². The first-order valence-electron chi connectivity index (χ1n) is 23.8. The Bertz CT molecular complexity index is 2750. The largest absolute Gasteiger partial charge is 0.496 e. The maximum atomic E-state index is 15.3. The number of aromatic nitrogens is 2. The number of carbonyl (C=O) groups is 4. The molecular weight excluding hydrogens is 907 g/mol. The van der Waals surface area contributed by atoms with Gasteiger partial charge in [0.15, 0.2) is 0 Å². The second-order valence-corrected chi connectivity index (χ2v) is 22.5. The van der Waals surface area contributed by atoms with Crippen LogP contribution in [0, 0.1) is 12.8 Å². The Balaban J connectivity index is 1.06. The number of thiazole rings is 1. The number of rotatable bonds is 11. The summed E-state index contributed by atoms with van der Waals surface area (Å²) < 4.78 is 46.1. The van der Waals surface area contributed by atoms with Crippen molar-refractivity contribution >= 4 is 61.6 Å². The molecule has 4 amide bonds.